The third-order valence-corrected chi connectivity index (χ3v) is 7.29. The maximum absolute atomic E-state index is 12.5. The molecular formula is C25H25NO5S2. The van der Waals surface area contributed by atoms with Gasteiger partial charge in [-0.2, -0.15) is 0 Å². The minimum atomic E-state index is -2.24. The van der Waals surface area contributed by atoms with E-state index in [4.69, 9.17) is 9.84 Å². The number of hydrogen-bond donors (Lipinski definition) is 2. The Hall–Kier alpha value is -2.81. The molecule has 2 unspecified atom stereocenters. The summed E-state index contributed by atoms with van der Waals surface area (Å²) in [5.41, 5.74) is 4.56. The molecule has 0 aliphatic heterocycles. The first-order chi connectivity index (χ1) is 16.0. The van der Waals surface area contributed by atoms with Crippen LogP contribution >= 0.6 is 11.8 Å². The first kappa shape index (κ1) is 23.4. The fourth-order valence-corrected chi connectivity index (χ4v) is 5.49. The van der Waals surface area contributed by atoms with Crippen molar-refractivity contribution < 1.29 is 23.4 Å². The van der Waals surface area contributed by atoms with Gasteiger partial charge < -0.3 is 9.84 Å². The lowest BCUT2D eigenvalue weighted by molar-refractivity contribution is -0.139. The van der Waals surface area contributed by atoms with E-state index in [1.165, 1.54) is 9.20 Å². The second kappa shape index (κ2) is 10.4. The van der Waals surface area contributed by atoms with Crippen molar-refractivity contribution in [3.63, 3.8) is 0 Å². The Morgan fingerprint density at radius 1 is 1.12 bits per heavy atom. The summed E-state index contributed by atoms with van der Waals surface area (Å²) in [6, 6.07) is 21.1. The summed E-state index contributed by atoms with van der Waals surface area (Å²) in [6.45, 7) is -0.421. The molecule has 33 heavy (non-hydrogen) atoms. The molecule has 0 saturated carbocycles. The van der Waals surface area contributed by atoms with Crippen molar-refractivity contribution in [2.75, 3.05) is 17.2 Å². The molecule has 6 nitrogen and oxygen atoms in total. The van der Waals surface area contributed by atoms with Crippen LogP contribution in [0.5, 0.6) is 5.75 Å². The van der Waals surface area contributed by atoms with Gasteiger partial charge in [-0.25, -0.2) is 9.00 Å². The first-order valence-electron chi connectivity index (χ1n) is 10.6. The Morgan fingerprint density at radius 2 is 1.88 bits per heavy atom. The maximum Gasteiger partial charge on any atom is 0.341 e. The third kappa shape index (κ3) is 5.24. The molecule has 3 aromatic carbocycles. The Balaban J connectivity index is 1.66. The lowest BCUT2D eigenvalue weighted by atomic mass is 9.87. The highest BCUT2D eigenvalue weighted by Gasteiger charge is 2.31. The second-order valence-electron chi connectivity index (χ2n) is 7.75. The Labute approximate surface area is 200 Å². The van der Waals surface area contributed by atoms with Gasteiger partial charge in [0.2, 0.25) is 0 Å². The van der Waals surface area contributed by atoms with Gasteiger partial charge in [0.25, 0.3) is 11.3 Å². The van der Waals surface area contributed by atoms with E-state index in [9.17, 15) is 13.6 Å². The van der Waals surface area contributed by atoms with Crippen molar-refractivity contribution in [3.8, 4) is 16.9 Å². The maximum atomic E-state index is 12.5. The molecule has 0 amide bonds. The molecule has 1 aliphatic rings. The summed E-state index contributed by atoms with van der Waals surface area (Å²) in [5.74, 6) is -0.520. The molecule has 3 aromatic rings. The van der Waals surface area contributed by atoms with Gasteiger partial charge in [0, 0.05) is 4.90 Å². The molecular weight excluding hydrogens is 458 g/mol. The molecule has 0 spiro atoms. The fraction of sp³-hybridized carbons (Fsp3) is 0.240. The van der Waals surface area contributed by atoms with Crippen LogP contribution in [-0.2, 0) is 22.5 Å². The van der Waals surface area contributed by atoms with Gasteiger partial charge in [0.15, 0.2) is 6.61 Å². The number of carboxylic acid groups (broad SMARTS) is 1. The van der Waals surface area contributed by atoms with Crippen LogP contribution in [-0.4, -0.2) is 32.7 Å². The van der Waals surface area contributed by atoms with Crippen molar-refractivity contribution in [2.24, 2.45) is 0 Å². The highest BCUT2D eigenvalue weighted by molar-refractivity contribution is 7.98. The molecule has 0 saturated heterocycles. The molecule has 0 fully saturated rings. The van der Waals surface area contributed by atoms with Gasteiger partial charge in [-0.1, -0.05) is 36.4 Å². The van der Waals surface area contributed by atoms with Crippen molar-refractivity contribution in [2.45, 2.75) is 30.2 Å². The third-order valence-electron chi connectivity index (χ3n) is 5.76. The summed E-state index contributed by atoms with van der Waals surface area (Å²) >= 11 is -0.554. The topological polar surface area (TPSA) is 87.1 Å². The summed E-state index contributed by atoms with van der Waals surface area (Å²) in [5, 5.41) is 8.97. The Kier molecular flexibility index (Phi) is 7.37. The predicted molar refractivity (Wildman–Crippen MR) is 132 cm³/mol. The first-order valence-corrected chi connectivity index (χ1v) is 12.9. The van der Waals surface area contributed by atoms with E-state index in [-0.39, 0.29) is 6.04 Å². The SMILES string of the molecule is CSc1cccc(-c2ccc(N(C3CCCc4c(OCC(=O)O)cccc43)S(=O)O)cc2)c1. The van der Waals surface area contributed by atoms with Crippen LogP contribution in [0.4, 0.5) is 5.69 Å². The van der Waals surface area contributed by atoms with E-state index in [1.54, 1.807) is 23.9 Å². The van der Waals surface area contributed by atoms with Crippen LogP contribution in [0.15, 0.2) is 71.6 Å². The van der Waals surface area contributed by atoms with Gasteiger partial charge in [0.05, 0.1) is 11.7 Å². The number of hydrogen-bond acceptors (Lipinski definition) is 4. The number of carbonyl (C=O) groups is 1. The zero-order chi connectivity index (χ0) is 23.4. The van der Waals surface area contributed by atoms with Crippen LogP contribution in [0.25, 0.3) is 11.1 Å². The molecule has 8 heteroatoms. The quantitative estimate of drug-likeness (QED) is 0.322. The Bertz CT molecular complexity index is 1170. The highest BCUT2D eigenvalue weighted by Crippen LogP contribution is 2.41. The molecule has 4 rings (SSSR count). The molecule has 0 aromatic heterocycles. The zero-order valence-corrected chi connectivity index (χ0v) is 19.8. The fourth-order valence-electron chi connectivity index (χ4n) is 4.29. The molecule has 0 heterocycles. The molecule has 2 N–H and O–H groups in total. The number of fused-ring (bicyclic) bond motifs is 1. The normalized spacial score (nSPS) is 16.0. The van der Waals surface area contributed by atoms with E-state index < -0.39 is 23.8 Å². The highest BCUT2D eigenvalue weighted by atomic mass is 32.2. The lowest BCUT2D eigenvalue weighted by Gasteiger charge is -2.35. The van der Waals surface area contributed by atoms with Crippen molar-refractivity contribution >= 4 is 34.7 Å². The number of benzene rings is 3. The van der Waals surface area contributed by atoms with Gasteiger partial charge >= 0.3 is 5.97 Å². The minimum Gasteiger partial charge on any atom is -0.482 e. The van der Waals surface area contributed by atoms with Crippen LogP contribution in [0.3, 0.4) is 0 Å². The largest absolute Gasteiger partial charge is 0.482 e. The van der Waals surface area contributed by atoms with Crippen LogP contribution in [0, 0.1) is 0 Å². The number of carboxylic acids is 1. The van der Waals surface area contributed by atoms with Crippen LogP contribution in [0.2, 0.25) is 0 Å². The zero-order valence-electron chi connectivity index (χ0n) is 18.1. The van der Waals surface area contributed by atoms with E-state index in [0.29, 0.717) is 17.9 Å². The predicted octanol–water partition coefficient (Wildman–Crippen LogP) is 5.56. The minimum absolute atomic E-state index is 0.321. The number of thioether (sulfide) groups is 1. The number of anilines is 1. The van der Waals surface area contributed by atoms with Crippen LogP contribution in [0.1, 0.15) is 30.0 Å². The van der Waals surface area contributed by atoms with Crippen LogP contribution < -0.4 is 9.04 Å². The number of nitrogens with zero attached hydrogens (tertiary/aromatic N) is 1. The van der Waals surface area contributed by atoms with Crippen molar-refractivity contribution in [1.82, 2.24) is 0 Å². The van der Waals surface area contributed by atoms with Gasteiger partial charge in [-0.05, 0) is 78.1 Å². The molecule has 2 atom stereocenters. The van der Waals surface area contributed by atoms with E-state index in [1.807, 2.05) is 48.7 Å². The molecule has 1 aliphatic carbocycles. The molecule has 0 radical (unpaired) electrons. The van der Waals surface area contributed by atoms with Crippen molar-refractivity contribution in [3.05, 3.63) is 77.9 Å². The van der Waals surface area contributed by atoms with E-state index in [0.717, 1.165) is 35.1 Å². The van der Waals surface area contributed by atoms with Gasteiger partial charge in [0.1, 0.15) is 5.75 Å². The summed E-state index contributed by atoms with van der Waals surface area (Å²) in [6.07, 6.45) is 4.28. The number of aliphatic carboxylic acids is 1. The smallest absolute Gasteiger partial charge is 0.341 e. The van der Waals surface area contributed by atoms with Crippen molar-refractivity contribution in [1.29, 1.82) is 0 Å². The summed E-state index contributed by atoms with van der Waals surface area (Å²) in [4.78, 5) is 12.1. The van der Waals surface area contributed by atoms with E-state index >= 15 is 0 Å². The summed E-state index contributed by atoms with van der Waals surface area (Å²) < 4.78 is 29.7. The molecule has 0 bridgehead atoms. The summed E-state index contributed by atoms with van der Waals surface area (Å²) in [7, 11) is 0. The van der Waals surface area contributed by atoms with Gasteiger partial charge in [-0.15, -0.1) is 11.8 Å². The standard InChI is InChI=1S/C25H25NO5S2/c1-32-20-6-2-5-18(15-20)17-11-13-19(14-12-17)26(33(29)30)23-9-3-8-22-21(23)7-4-10-24(22)31-16-25(27)28/h2,4-7,10-15,23H,3,8-9,16H2,1H3,(H,27,28)(H,29,30). The average Bonchev–Trinajstić information content (AvgIpc) is 2.83. The second-order valence-corrected chi connectivity index (χ2v) is 9.48. The lowest BCUT2D eigenvalue weighted by Crippen LogP contribution is -2.33. The number of rotatable bonds is 8. The van der Waals surface area contributed by atoms with Gasteiger partial charge in [-0.3, -0.25) is 8.86 Å². The van der Waals surface area contributed by atoms with E-state index in [2.05, 4.69) is 12.1 Å². The molecule has 172 valence electrons. The monoisotopic (exact) mass is 483 g/mol. The Morgan fingerprint density at radius 3 is 2.58 bits per heavy atom. The average molecular weight is 484 g/mol. The number of ether oxygens (including phenoxy) is 1.